The molecule has 23 heavy (non-hydrogen) atoms. The van der Waals surface area contributed by atoms with Crippen LogP contribution in [0.4, 0.5) is 13.2 Å². The lowest BCUT2D eigenvalue weighted by atomic mass is 10.1. The summed E-state index contributed by atoms with van der Waals surface area (Å²) >= 11 is 0. The quantitative estimate of drug-likeness (QED) is 0.400. The summed E-state index contributed by atoms with van der Waals surface area (Å²) in [6.45, 7) is 5.66. The molecule has 0 aliphatic heterocycles. The number of hydrogen-bond acceptors (Lipinski definition) is 2. The molecule has 0 spiro atoms. The maximum atomic E-state index is 12.0. The molecule has 0 fully saturated rings. The molecule has 132 valence electrons. The number of guanidine groups is 1. The van der Waals surface area contributed by atoms with Crippen LogP contribution in [0.15, 0.2) is 29.3 Å². The van der Waals surface area contributed by atoms with E-state index < -0.39 is 6.36 Å². The summed E-state index contributed by atoms with van der Waals surface area (Å²) in [6, 6.07) is 5.86. The highest BCUT2D eigenvalue weighted by molar-refractivity contribution is 14.0. The molecule has 0 aromatic heterocycles. The average Bonchev–Trinajstić information content (AvgIpc) is 2.42. The van der Waals surface area contributed by atoms with Gasteiger partial charge in [-0.2, -0.15) is 0 Å². The van der Waals surface area contributed by atoms with E-state index in [2.05, 4.69) is 34.2 Å². The summed E-state index contributed by atoms with van der Waals surface area (Å²) in [7, 11) is 1.69. The second-order valence-corrected chi connectivity index (χ2v) is 5.22. The van der Waals surface area contributed by atoms with Crippen molar-refractivity contribution in [3.63, 3.8) is 0 Å². The molecule has 0 atom stereocenters. The minimum absolute atomic E-state index is 0. The Kier molecular flexibility index (Phi) is 10.0. The van der Waals surface area contributed by atoms with Crippen LogP contribution in [0.1, 0.15) is 19.4 Å². The molecule has 2 N–H and O–H groups in total. The van der Waals surface area contributed by atoms with E-state index in [1.807, 2.05) is 0 Å². The molecule has 0 aliphatic rings. The van der Waals surface area contributed by atoms with Gasteiger partial charge in [-0.05, 0) is 30.0 Å². The van der Waals surface area contributed by atoms with Gasteiger partial charge in [0.1, 0.15) is 5.75 Å². The van der Waals surface area contributed by atoms with Crippen LogP contribution in [0.3, 0.4) is 0 Å². The normalized spacial score (nSPS) is 11.9. The van der Waals surface area contributed by atoms with E-state index in [0.29, 0.717) is 24.8 Å². The van der Waals surface area contributed by atoms with Crippen LogP contribution in [-0.2, 0) is 6.42 Å². The maximum Gasteiger partial charge on any atom is 0.573 e. The van der Waals surface area contributed by atoms with E-state index in [1.165, 1.54) is 12.1 Å². The Morgan fingerprint density at radius 3 is 2.26 bits per heavy atom. The Bertz CT molecular complexity index is 476. The van der Waals surface area contributed by atoms with Crippen molar-refractivity contribution in [2.24, 2.45) is 10.9 Å². The van der Waals surface area contributed by atoms with Crippen LogP contribution in [0.5, 0.6) is 5.75 Å². The summed E-state index contributed by atoms with van der Waals surface area (Å²) in [5.41, 5.74) is 0.918. The molecule has 8 heteroatoms. The van der Waals surface area contributed by atoms with Crippen LogP contribution >= 0.6 is 24.0 Å². The van der Waals surface area contributed by atoms with E-state index in [4.69, 9.17) is 0 Å². The van der Waals surface area contributed by atoms with E-state index in [0.717, 1.165) is 12.1 Å². The second-order valence-electron chi connectivity index (χ2n) is 5.22. The van der Waals surface area contributed by atoms with Gasteiger partial charge in [0.2, 0.25) is 0 Å². The third kappa shape index (κ3) is 10.2. The zero-order valence-corrected chi connectivity index (χ0v) is 15.7. The number of aliphatic imine (C=N–C) groups is 1. The van der Waals surface area contributed by atoms with Gasteiger partial charge >= 0.3 is 6.36 Å². The van der Waals surface area contributed by atoms with Crippen molar-refractivity contribution in [3.8, 4) is 5.75 Å². The number of alkyl halides is 3. The minimum Gasteiger partial charge on any atom is -0.406 e. The molecular weight excluding hydrogens is 422 g/mol. The van der Waals surface area contributed by atoms with Gasteiger partial charge in [-0.3, -0.25) is 4.99 Å². The number of nitrogens with zero attached hydrogens (tertiary/aromatic N) is 1. The predicted molar refractivity (Wildman–Crippen MR) is 96.4 cm³/mol. The Labute approximate surface area is 151 Å². The molecule has 0 saturated heterocycles. The van der Waals surface area contributed by atoms with Crippen molar-refractivity contribution in [3.05, 3.63) is 29.8 Å². The highest BCUT2D eigenvalue weighted by atomic mass is 127. The van der Waals surface area contributed by atoms with Crippen LogP contribution in [0.2, 0.25) is 0 Å². The van der Waals surface area contributed by atoms with E-state index in [-0.39, 0.29) is 29.7 Å². The predicted octanol–water partition coefficient (Wildman–Crippen LogP) is 3.57. The fourth-order valence-electron chi connectivity index (χ4n) is 1.70. The van der Waals surface area contributed by atoms with Crippen LogP contribution in [0.25, 0.3) is 0 Å². The van der Waals surface area contributed by atoms with Crippen molar-refractivity contribution in [2.75, 3.05) is 20.1 Å². The first kappa shape index (κ1) is 21.8. The van der Waals surface area contributed by atoms with Gasteiger partial charge in [0.25, 0.3) is 0 Å². The highest BCUT2D eigenvalue weighted by Crippen LogP contribution is 2.22. The fourth-order valence-corrected chi connectivity index (χ4v) is 1.70. The number of rotatable bonds is 6. The summed E-state index contributed by atoms with van der Waals surface area (Å²) < 4.78 is 40.0. The lowest BCUT2D eigenvalue weighted by Crippen LogP contribution is -2.39. The topological polar surface area (TPSA) is 45.7 Å². The Morgan fingerprint density at radius 2 is 1.78 bits per heavy atom. The fraction of sp³-hybridized carbons (Fsp3) is 0.533. The number of benzene rings is 1. The molecule has 0 amide bonds. The third-order valence-electron chi connectivity index (χ3n) is 2.76. The van der Waals surface area contributed by atoms with E-state index >= 15 is 0 Å². The first-order chi connectivity index (χ1) is 10.3. The first-order valence-corrected chi connectivity index (χ1v) is 7.09. The third-order valence-corrected chi connectivity index (χ3v) is 2.76. The number of ether oxygens (including phenoxy) is 1. The van der Waals surface area contributed by atoms with Crippen molar-refractivity contribution >= 4 is 29.9 Å². The summed E-state index contributed by atoms with van der Waals surface area (Å²) in [5.74, 6) is 1.02. The van der Waals surface area contributed by atoms with Crippen LogP contribution < -0.4 is 15.4 Å². The van der Waals surface area contributed by atoms with Crippen molar-refractivity contribution in [1.29, 1.82) is 0 Å². The largest absolute Gasteiger partial charge is 0.573 e. The van der Waals surface area contributed by atoms with E-state index in [9.17, 15) is 13.2 Å². The Morgan fingerprint density at radius 1 is 1.17 bits per heavy atom. The Balaban J connectivity index is 0.00000484. The SMILES string of the molecule is CN=C(NCCc1ccc(OC(F)(F)F)cc1)NCC(C)C.I. The molecule has 0 aliphatic carbocycles. The van der Waals surface area contributed by atoms with Gasteiger partial charge in [0.15, 0.2) is 5.96 Å². The van der Waals surface area contributed by atoms with Crippen molar-refractivity contribution in [1.82, 2.24) is 10.6 Å². The van der Waals surface area contributed by atoms with E-state index in [1.54, 1.807) is 19.2 Å². The number of halogens is 4. The number of nitrogens with one attached hydrogen (secondary N) is 2. The van der Waals surface area contributed by atoms with Gasteiger partial charge in [0, 0.05) is 20.1 Å². The van der Waals surface area contributed by atoms with Crippen molar-refractivity contribution < 1.29 is 17.9 Å². The monoisotopic (exact) mass is 445 g/mol. The lowest BCUT2D eigenvalue weighted by molar-refractivity contribution is -0.274. The molecule has 0 saturated carbocycles. The molecule has 0 unspecified atom stereocenters. The summed E-state index contributed by atoms with van der Waals surface area (Å²) in [4.78, 5) is 4.10. The highest BCUT2D eigenvalue weighted by Gasteiger charge is 2.30. The molecule has 1 rings (SSSR count). The molecule has 0 radical (unpaired) electrons. The lowest BCUT2D eigenvalue weighted by Gasteiger charge is -2.13. The second kappa shape index (κ2) is 10.6. The maximum absolute atomic E-state index is 12.0. The minimum atomic E-state index is -4.66. The smallest absolute Gasteiger partial charge is 0.406 e. The molecular formula is C15H23F3IN3O. The van der Waals surface area contributed by atoms with Gasteiger partial charge in [-0.1, -0.05) is 26.0 Å². The van der Waals surface area contributed by atoms with Crippen LogP contribution in [0, 0.1) is 5.92 Å². The zero-order chi connectivity index (χ0) is 16.6. The molecule has 4 nitrogen and oxygen atoms in total. The standard InChI is InChI=1S/C15H22F3N3O.HI/c1-11(2)10-21-14(19-3)20-9-8-12-4-6-13(7-5-12)22-15(16,17)18;/h4-7,11H,8-10H2,1-3H3,(H2,19,20,21);1H. The average molecular weight is 445 g/mol. The molecule has 0 bridgehead atoms. The molecule has 0 heterocycles. The van der Waals surface area contributed by atoms with Crippen molar-refractivity contribution in [2.45, 2.75) is 26.6 Å². The Hall–Kier alpha value is -1.19. The molecule has 1 aromatic carbocycles. The summed E-state index contributed by atoms with van der Waals surface area (Å²) in [6.07, 6.45) is -3.98. The van der Waals surface area contributed by atoms with Gasteiger partial charge < -0.3 is 15.4 Å². The molecule has 1 aromatic rings. The summed E-state index contributed by atoms with van der Waals surface area (Å²) in [5, 5.41) is 6.34. The van der Waals surface area contributed by atoms with Gasteiger partial charge in [-0.25, -0.2) is 0 Å². The van der Waals surface area contributed by atoms with Gasteiger partial charge in [0.05, 0.1) is 0 Å². The van der Waals surface area contributed by atoms with Gasteiger partial charge in [-0.15, -0.1) is 37.1 Å². The first-order valence-electron chi connectivity index (χ1n) is 7.09. The zero-order valence-electron chi connectivity index (χ0n) is 13.4. The number of hydrogen-bond donors (Lipinski definition) is 2. The van der Waals surface area contributed by atoms with Crippen LogP contribution in [-0.4, -0.2) is 32.5 Å².